The van der Waals surface area contributed by atoms with E-state index in [1.54, 1.807) is 29.8 Å². The minimum absolute atomic E-state index is 0.0383. The van der Waals surface area contributed by atoms with Crippen molar-refractivity contribution in [2.45, 2.75) is 19.4 Å². The van der Waals surface area contributed by atoms with Gasteiger partial charge in [0.05, 0.1) is 11.3 Å². The molecule has 0 spiro atoms. The first kappa shape index (κ1) is 15.8. The highest BCUT2D eigenvalue weighted by molar-refractivity contribution is 7.98. The molecular weight excluding hydrogens is 265 g/mol. The molecule has 4 nitrogen and oxygen atoms in total. The number of halogens is 1. The number of nitrogen functional groups attached to an aromatic ring is 1. The third kappa shape index (κ3) is 3.84. The van der Waals surface area contributed by atoms with E-state index < -0.39 is 5.82 Å². The van der Waals surface area contributed by atoms with E-state index in [0.717, 1.165) is 12.2 Å². The molecule has 106 valence electrons. The fourth-order valence-electron chi connectivity index (χ4n) is 1.72. The molecule has 1 atom stereocenters. The lowest BCUT2D eigenvalue weighted by molar-refractivity contribution is 0.0742. The van der Waals surface area contributed by atoms with Gasteiger partial charge in [0.1, 0.15) is 5.82 Å². The fraction of sp³-hybridized carbons (Fsp3) is 0.462. The van der Waals surface area contributed by atoms with Gasteiger partial charge < -0.3 is 10.3 Å². The zero-order chi connectivity index (χ0) is 14.4. The van der Waals surface area contributed by atoms with E-state index in [1.807, 2.05) is 13.2 Å². The van der Waals surface area contributed by atoms with Crippen LogP contribution in [0.4, 0.5) is 10.1 Å². The summed E-state index contributed by atoms with van der Waals surface area (Å²) in [4.78, 5) is 14.0. The summed E-state index contributed by atoms with van der Waals surface area (Å²) in [5.74, 6) is 5.49. The highest BCUT2D eigenvalue weighted by Crippen LogP contribution is 2.21. The predicted molar refractivity (Wildman–Crippen MR) is 78.8 cm³/mol. The van der Waals surface area contributed by atoms with Crippen LogP contribution in [0.25, 0.3) is 0 Å². The van der Waals surface area contributed by atoms with E-state index in [-0.39, 0.29) is 23.2 Å². The van der Waals surface area contributed by atoms with Gasteiger partial charge in [0.15, 0.2) is 0 Å². The molecule has 1 aromatic carbocycles. The Morgan fingerprint density at radius 1 is 1.58 bits per heavy atom. The Hall–Kier alpha value is -1.27. The smallest absolute Gasteiger partial charge is 0.256 e. The number of hydrogen-bond donors (Lipinski definition) is 2. The highest BCUT2D eigenvalue weighted by atomic mass is 32.2. The van der Waals surface area contributed by atoms with Gasteiger partial charge in [-0.25, -0.2) is 4.39 Å². The predicted octanol–water partition coefficient (Wildman–Crippen LogP) is 2.32. The number of benzene rings is 1. The monoisotopic (exact) mass is 285 g/mol. The molecule has 0 aromatic heterocycles. The molecule has 0 saturated heterocycles. The minimum Gasteiger partial charge on any atom is -0.339 e. The zero-order valence-electron chi connectivity index (χ0n) is 11.4. The van der Waals surface area contributed by atoms with Crippen LogP contribution in [-0.4, -0.2) is 35.9 Å². The summed E-state index contributed by atoms with van der Waals surface area (Å²) < 4.78 is 13.6. The first-order valence-electron chi connectivity index (χ1n) is 6.04. The Morgan fingerprint density at radius 2 is 2.26 bits per heavy atom. The molecule has 3 N–H and O–H groups in total. The van der Waals surface area contributed by atoms with Gasteiger partial charge in [0.25, 0.3) is 5.91 Å². The molecule has 0 aliphatic heterocycles. The number of carbonyl (C=O) groups is 1. The maximum atomic E-state index is 13.6. The number of nitrogens with two attached hydrogens (primary N) is 1. The van der Waals surface area contributed by atoms with Crippen LogP contribution in [0.15, 0.2) is 18.2 Å². The number of hydrogen-bond acceptors (Lipinski definition) is 4. The topological polar surface area (TPSA) is 58.4 Å². The molecule has 0 saturated carbocycles. The maximum Gasteiger partial charge on any atom is 0.256 e. The molecule has 0 bridgehead atoms. The number of rotatable bonds is 6. The van der Waals surface area contributed by atoms with E-state index >= 15 is 0 Å². The van der Waals surface area contributed by atoms with Crippen LogP contribution >= 0.6 is 11.8 Å². The molecule has 0 heterocycles. The summed E-state index contributed by atoms with van der Waals surface area (Å²) >= 11 is 1.73. The van der Waals surface area contributed by atoms with E-state index in [0.29, 0.717) is 0 Å². The van der Waals surface area contributed by atoms with Crippen molar-refractivity contribution in [1.82, 2.24) is 4.90 Å². The van der Waals surface area contributed by atoms with Crippen LogP contribution in [-0.2, 0) is 0 Å². The van der Waals surface area contributed by atoms with Crippen molar-refractivity contribution in [2.24, 2.45) is 5.84 Å². The molecule has 19 heavy (non-hydrogen) atoms. The molecule has 1 amide bonds. The molecule has 1 unspecified atom stereocenters. The largest absolute Gasteiger partial charge is 0.339 e. The van der Waals surface area contributed by atoms with Crippen molar-refractivity contribution in [1.29, 1.82) is 0 Å². The summed E-state index contributed by atoms with van der Waals surface area (Å²) in [6.07, 6.45) is 2.92. The van der Waals surface area contributed by atoms with Gasteiger partial charge in [-0.2, -0.15) is 11.8 Å². The fourth-order valence-corrected chi connectivity index (χ4v) is 2.30. The van der Waals surface area contributed by atoms with E-state index in [9.17, 15) is 9.18 Å². The number of amides is 1. The minimum atomic E-state index is -0.529. The van der Waals surface area contributed by atoms with Gasteiger partial charge in [-0.15, -0.1) is 0 Å². The van der Waals surface area contributed by atoms with Gasteiger partial charge >= 0.3 is 0 Å². The molecular formula is C13H20FN3OS. The Bertz CT molecular complexity index is 442. The SMILES string of the molecule is CSCCC(C)N(C)C(=O)c1cccc(F)c1NN. The van der Waals surface area contributed by atoms with Crippen LogP contribution < -0.4 is 11.3 Å². The molecule has 6 heteroatoms. The van der Waals surface area contributed by atoms with Gasteiger partial charge in [-0.05, 0) is 37.5 Å². The third-order valence-electron chi connectivity index (χ3n) is 3.11. The van der Waals surface area contributed by atoms with Crippen molar-refractivity contribution >= 4 is 23.4 Å². The molecule has 0 fully saturated rings. The van der Waals surface area contributed by atoms with E-state index in [2.05, 4.69) is 5.43 Å². The van der Waals surface area contributed by atoms with Crippen LogP contribution in [0.3, 0.4) is 0 Å². The van der Waals surface area contributed by atoms with Crippen molar-refractivity contribution in [2.75, 3.05) is 24.5 Å². The van der Waals surface area contributed by atoms with Crippen LogP contribution in [0.5, 0.6) is 0 Å². The normalized spacial score (nSPS) is 12.1. The first-order valence-corrected chi connectivity index (χ1v) is 7.43. The summed E-state index contributed by atoms with van der Waals surface area (Å²) in [6.45, 7) is 1.98. The van der Waals surface area contributed by atoms with Gasteiger partial charge in [-0.1, -0.05) is 6.07 Å². The van der Waals surface area contributed by atoms with Gasteiger partial charge in [0, 0.05) is 13.1 Å². The lowest BCUT2D eigenvalue weighted by atomic mass is 10.1. The number of para-hydroxylation sites is 1. The molecule has 1 rings (SSSR count). The molecule has 1 aromatic rings. The summed E-state index contributed by atoms with van der Waals surface area (Å²) in [6, 6.07) is 4.43. The Labute approximate surface area is 117 Å². The Kier molecular flexibility index (Phi) is 6.11. The zero-order valence-corrected chi connectivity index (χ0v) is 12.3. The number of nitrogens with zero attached hydrogens (tertiary/aromatic N) is 1. The van der Waals surface area contributed by atoms with Crippen LogP contribution in [0.1, 0.15) is 23.7 Å². The summed E-state index contributed by atoms with van der Waals surface area (Å²) in [5.41, 5.74) is 2.54. The Balaban J connectivity index is 2.91. The second-order valence-corrected chi connectivity index (χ2v) is 5.34. The van der Waals surface area contributed by atoms with E-state index in [1.165, 1.54) is 12.1 Å². The number of anilines is 1. The number of hydrazine groups is 1. The van der Waals surface area contributed by atoms with Crippen molar-refractivity contribution in [3.05, 3.63) is 29.6 Å². The first-order chi connectivity index (χ1) is 9.02. The molecule has 0 radical (unpaired) electrons. The number of thioether (sulfide) groups is 1. The lowest BCUT2D eigenvalue weighted by Gasteiger charge is -2.25. The second kappa shape index (κ2) is 7.35. The lowest BCUT2D eigenvalue weighted by Crippen LogP contribution is -2.36. The quantitative estimate of drug-likeness (QED) is 0.622. The average Bonchev–Trinajstić information content (AvgIpc) is 2.42. The van der Waals surface area contributed by atoms with Gasteiger partial charge in [-0.3, -0.25) is 10.6 Å². The van der Waals surface area contributed by atoms with Crippen LogP contribution in [0, 0.1) is 5.82 Å². The van der Waals surface area contributed by atoms with Crippen molar-refractivity contribution in [3.8, 4) is 0 Å². The molecule has 0 aliphatic carbocycles. The van der Waals surface area contributed by atoms with Gasteiger partial charge in [0.2, 0.25) is 0 Å². The molecule has 0 aliphatic rings. The standard InChI is InChI=1S/C13H20FN3OS/c1-9(7-8-19-3)17(2)13(18)10-5-4-6-11(14)12(10)16-15/h4-6,9,16H,7-8,15H2,1-3H3. The van der Waals surface area contributed by atoms with Crippen LogP contribution in [0.2, 0.25) is 0 Å². The third-order valence-corrected chi connectivity index (χ3v) is 3.75. The summed E-state index contributed by atoms with van der Waals surface area (Å²) in [5, 5.41) is 0. The Morgan fingerprint density at radius 3 is 2.84 bits per heavy atom. The van der Waals surface area contributed by atoms with E-state index in [4.69, 9.17) is 5.84 Å². The summed E-state index contributed by atoms with van der Waals surface area (Å²) in [7, 11) is 1.72. The second-order valence-electron chi connectivity index (χ2n) is 4.35. The number of carbonyl (C=O) groups excluding carboxylic acids is 1. The van der Waals surface area contributed by atoms with Crippen molar-refractivity contribution < 1.29 is 9.18 Å². The number of nitrogens with one attached hydrogen (secondary N) is 1. The van der Waals surface area contributed by atoms with Crippen molar-refractivity contribution in [3.63, 3.8) is 0 Å². The maximum absolute atomic E-state index is 13.6. The average molecular weight is 285 g/mol. The highest BCUT2D eigenvalue weighted by Gasteiger charge is 2.21.